The van der Waals surface area contributed by atoms with Crippen LogP contribution in [0.4, 0.5) is 11.5 Å². The molecular weight excluding hydrogens is 340 g/mol. The number of nitrogens with one attached hydrogen (secondary N) is 2. The molecule has 0 unspecified atom stereocenters. The Kier molecular flexibility index (Phi) is 3.89. The Morgan fingerprint density at radius 3 is 2.95 bits per heavy atom. The zero-order chi connectivity index (χ0) is 13.9. The van der Waals surface area contributed by atoms with Crippen molar-refractivity contribution in [1.29, 1.82) is 0 Å². The summed E-state index contributed by atoms with van der Waals surface area (Å²) in [4.78, 5) is 11.9. The fraction of sp³-hybridized carbons (Fsp3) is 0.143. The number of aryl methyl sites for hydroxylation is 1. The molecule has 3 aromatic rings. The molecule has 0 aliphatic heterocycles. The second kappa shape index (κ2) is 5.81. The summed E-state index contributed by atoms with van der Waals surface area (Å²) in [6.45, 7) is 0. The predicted octanol–water partition coefficient (Wildman–Crippen LogP) is 4.29. The molecule has 0 bridgehead atoms. The van der Waals surface area contributed by atoms with Gasteiger partial charge in [-0.3, -0.25) is 0 Å². The van der Waals surface area contributed by atoms with Gasteiger partial charge >= 0.3 is 0 Å². The summed E-state index contributed by atoms with van der Waals surface area (Å²) in [5, 5.41) is 5.85. The van der Waals surface area contributed by atoms with Gasteiger partial charge in [-0.1, -0.05) is 33.6 Å². The maximum atomic E-state index is 5.99. The number of aromatic nitrogens is 3. The zero-order valence-electron chi connectivity index (χ0n) is 10.5. The molecule has 102 valence electrons. The standard InChI is InChI=1S/C14H12BrClN4/c15-5-4-11-7-12-13(17-8-18-14(12)20-11)19-10-3-1-2-9(16)6-10/h1-3,6-8H,4-5H2,(H2,17,18,19,20). The molecular formula is C14H12BrClN4. The molecule has 6 heteroatoms. The Hall–Kier alpha value is -1.59. The highest BCUT2D eigenvalue weighted by Crippen LogP contribution is 2.25. The van der Waals surface area contributed by atoms with E-state index in [1.807, 2.05) is 24.3 Å². The van der Waals surface area contributed by atoms with Crippen molar-refractivity contribution < 1.29 is 0 Å². The predicted molar refractivity (Wildman–Crippen MR) is 86.1 cm³/mol. The fourth-order valence-electron chi connectivity index (χ4n) is 2.03. The van der Waals surface area contributed by atoms with Gasteiger partial charge in [0.1, 0.15) is 17.8 Å². The number of hydrogen-bond donors (Lipinski definition) is 2. The summed E-state index contributed by atoms with van der Waals surface area (Å²) in [6.07, 6.45) is 2.47. The van der Waals surface area contributed by atoms with Crippen LogP contribution in [0.2, 0.25) is 5.02 Å². The molecule has 0 atom stereocenters. The van der Waals surface area contributed by atoms with Crippen molar-refractivity contribution in [3.8, 4) is 0 Å². The molecule has 3 rings (SSSR count). The van der Waals surface area contributed by atoms with Gasteiger partial charge < -0.3 is 10.3 Å². The van der Waals surface area contributed by atoms with Crippen molar-refractivity contribution in [1.82, 2.24) is 15.0 Å². The van der Waals surface area contributed by atoms with E-state index in [1.54, 1.807) is 6.33 Å². The van der Waals surface area contributed by atoms with Crippen molar-refractivity contribution in [3.05, 3.63) is 47.4 Å². The lowest BCUT2D eigenvalue weighted by molar-refractivity contribution is 1.08. The van der Waals surface area contributed by atoms with E-state index in [2.05, 4.69) is 42.3 Å². The molecule has 0 aliphatic rings. The number of nitrogens with zero attached hydrogens (tertiary/aromatic N) is 2. The minimum Gasteiger partial charge on any atom is -0.343 e. The number of anilines is 2. The summed E-state index contributed by atoms with van der Waals surface area (Å²) in [7, 11) is 0. The fourth-order valence-corrected chi connectivity index (χ4v) is 2.65. The molecule has 0 fully saturated rings. The molecule has 2 N–H and O–H groups in total. The third kappa shape index (κ3) is 2.78. The van der Waals surface area contributed by atoms with E-state index in [9.17, 15) is 0 Å². The second-order valence-corrected chi connectivity index (χ2v) is 5.58. The van der Waals surface area contributed by atoms with Crippen LogP contribution >= 0.6 is 27.5 Å². The summed E-state index contributed by atoms with van der Waals surface area (Å²) >= 11 is 9.43. The number of rotatable bonds is 4. The van der Waals surface area contributed by atoms with Crippen LogP contribution in [0.15, 0.2) is 36.7 Å². The largest absolute Gasteiger partial charge is 0.343 e. The van der Waals surface area contributed by atoms with E-state index in [4.69, 9.17) is 11.6 Å². The normalized spacial score (nSPS) is 10.9. The SMILES string of the molecule is Clc1cccc(Nc2ncnc3[nH]c(CCBr)cc23)c1. The topological polar surface area (TPSA) is 53.6 Å². The molecule has 0 saturated heterocycles. The van der Waals surface area contributed by atoms with E-state index in [0.29, 0.717) is 5.02 Å². The zero-order valence-corrected chi connectivity index (χ0v) is 12.9. The van der Waals surface area contributed by atoms with Gasteiger partial charge in [0.05, 0.1) is 5.39 Å². The average Bonchev–Trinajstić information content (AvgIpc) is 2.83. The molecule has 0 aliphatic carbocycles. The minimum atomic E-state index is 0.689. The van der Waals surface area contributed by atoms with Crippen molar-refractivity contribution in [2.45, 2.75) is 6.42 Å². The van der Waals surface area contributed by atoms with Crippen molar-refractivity contribution >= 4 is 50.1 Å². The number of halogens is 2. The average molecular weight is 352 g/mol. The summed E-state index contributed by atoms with van der Waals surface area (Å²) in [6, 6.07) is 9.63. The molecule has 1 aromatic carbocycles. The maximum absolute atomic E-state index is 5.99. The number of aromatic amines is 1. The van der Waals surface area contributed by atoms with Crippen molar-refractivity contribution in [3.63, 3.8) is 0 Å². The molecule has 0 radical (unpaired) electrons. The van der Waals surface area contributed by atoms with Crippen LogP contribution in [0.5, 0.6) is 0 Å². The van der Waals surface area contributed by atoms with Gasteiger partial charge in [-0.25, -0.2) is 9.97 Å². The Balaban J connectivity index is 1.98. The van der Waals surface area contributed by atoms with E-state index in [-0.39, 0.29) is 0 Å². The highest BCUT2D eigenvalue weighted by Gasteiger charge is 2.08. The van der Waals surface area contributed by atoms with Gasteiger partial charge in [0.25, 0.3) is 0 Å². The lowest BCUT2D eigenvalue weighted by Gasteiger charge is -2.06. The van der Waals surface area contributed by atoms with Crippen LogP contribution in [0.25, 0.3) is 11.0 Å². The molecule has 20 heavy (non-hydrogen) atoms. The monoisotopic (exact) mass is 350 g/mol. The van der Waals surface area contributed by atoms with E-state index in [0.717, 1.165) is 40.0 Å². The summed E-state index contributed by atoms with van der Waals surface area (Å²) in [5.74, 6) is 0.773. The van der Waals surface area contributed by atoms with E-state index < -0.39 is 0 Å². The van der Waals surface area contributed by atoms with Gasteiger partial charge in [-0.2, -0.15) is 0 Å². The quantitative estimate of drug-likeness (QED) is 0.689. The van der Waals surface area contributed by atoms with Crippen LogP contribution in [0.1, 0.15) is 5.69 Å². The molecule has 2 heterocycles. The minimum absolute atomic E-state index is 0.689. The number of alkyl halides is 1. The third-order valence-electron chi connectivity index (χ3n) is 2.93. The first-order chi connectivity index (χ1) is 9.76. The van der Waals surface area contributed by atoms with Gasteiger partial charge in [0, 0.05) is 21.7 Å². The third-order valence-corrected chi connectivity index (χ3v) is 3.56. The van der Waals surface area contributed by atoms with Gasteiger partial charge in [0.2, 0.25) is 0 Å². The molecule has 0 amide bonds. The first kappa shape index (κ1) is 13.4. The highest BCUT2D eigenvalue weighted by molar-refractivity contribution is 9.09. The lowest BCUT2D eigenvalue weighted by atomic mass is 10.3. The van der Waals surface area contributed by atoms with Gasteiger partial charge in [0.15, 0.2) is 0 Å². The first-order valence-electron chi connectivity index (χ1n) is 6.17. The molecule has 4 nitrogen and oxygen atoms in total. The smallest absolute Gasteiger partial charge is 0.143 e. The molecule has 0 spiro atoms. The summed E-state index contributed by atoms with van der Waals surface area (Å²) < 4.78 is 0. The Morgan fingerprint density at radius 2 is 2.15 bits per heavy atom. The van der Waals surface area contributed by atoms with E-state index >= 15 is 0 Å². The van der Waals surface area contributed by atoms with Crippen LogP contribution in [-0.2, 0) is 6.42 Å². The van der Waals surface area contributed by atoms with E-state index in [1.165, 1.54) is 0 Å². The van der Waals surface area contributed by atoms with Crippen LogP contribution in [-0.4, -0.2) is 20.3 Å². The number of H-pyrrole nitrogens is 1. The Morgan fingerprint density at radius 1 is 1.25 bits per heavy atom. The Bertz CT molecular complexity index is 741. The number of hydrogen-bond acceptors (Lipinski definition) is 3. The lowest BCUT2D eigenvalue weighted by Crippen LogP contribution is -1.94. The first-order valence-corrected chi connectivity index (χ1v) is 7.67. The van der Waals surface area contributed by atoms with Crippen LogP contribution < -0.4 is 5.32 Å². The highest BCUT2D eigenvalue weighted by atomic mass is 79.9. The molecule has 0 saturated carbocycles. The van der Waals surface area contributed by atoms with Crippen LogP contribution in [0.3, 0.4) is 0 Å². The van der Waals surface area contributed by atoms with Gasteiger partial charge in [-0.05, 0) is 30.7 Å². The number of fused-ring (bicyclic) bond motifs is 1. The maximum Gasteiger partial charge on any atom is 0.143 e. The van der Waals surface area contributed by atoms with Gasteiger partial charge in [-0.15, -0.1) is 0 Å². The number of benzene rings is 1. The second-order valence-electron chi connectivity index (χ2n) is 4.35. The molecule has 2 aromatic heterocycles. The summed E-state index contributed by atoms with van der Waals surface area (Å²) in [5.41, 5.74) is 2.87. The van der Waals surface area contributed by atoms with Crippen molar-refractivity contribution in [2.24, 2.45) is 0 Å². The van der Waals surface area contributed by atoms with Crippen molar-refractivity contribution in [2.75, 3.05) is 10.6 Å². The Labute approximate surface area is 129 Å². The van der Waals surface area contributed by atoms with Crippen LogP contribution in [0, 0.1) is 0 Å².